The Morgan fingerprint density at radius 3 is 1.37 bits per heavy atom. The highest BCUT2D eigenvalue weighted by molar-refractivity contribution is 7.58. The summed E-state index contributed by atoms with van der Waals surface area (Å²) in [6, 6.07) is -2.96. The third-order valence-corrected chi connectivity index (χ3v) is 15.9. The van der Waals surface area contributed by atoms with Crippen molar-refractivity contribution in [2.24, 2.45) is 47.0 Å². The summed E-state index contributed by atoms with van der Waals surface area (Å²) >= 11 is 0. The van der Waals surface area contributed by atoms with Gasteiger partial charge in [-0.1, -0.05) is 100 Å². The molecule has 0 aromatic heterocycles. The average molecular weight is 895 g/mol. The molecular formula is C42H84N6O10P2. The summed E-state index contributed by atoms with van der Waals surface area (Å²) in [4.78, 5) is 70.3. The fourth-order valence-electron chi connectivity index (χ4n) is 7.68. The quantitative estimate of drug-likeness (QED) is 0.0622. The summed E-state index contributed by atoms with van der Waals surface area (Å²) in [5.74, 6) is -1.22. The Morgan fingerprint density at radius 1 is 0.617 bits per heavy atom. The minimum atomic E-state index is -3.46. The maximum atomic E-state index is 12.6. The van der Waals surface area contributed by atoms with E-state index in [1.54, 1.807) is 0 Å². The Balaban J connectivity index is 0.000000600. The van der Waals surface area contributed by atoms with Gasteiger partial charge in [-0.2, -0.15) is 0 Å². The molecule has 0 aromatic carbocycles. The molecule has 2 aliphatic rings. The highest BCUT2D eigenvalue weighted by Crippen LogP contribution is 2.47. The molecule has 4 amide bonds. The number of amides is 4. The summed E-state index contributed by atoms with van der Waals surface area (Å²) in [6.45, 7) is 14.7. The van der Waals surface area contributed by atoms with Crippen LogP contribution in [0, 0.1) is 35.5 Å². The van der Waals surface area contributed by atoms with Gasteiger partial charge in [-0.3, -0.25) is 28.3 Å². The number of nitrogens with two attached hydrogens (primary N) is 2. The van der Waals surface area contributed by atoms with Crippen molar-refractivity contribution in [3.63, 3.8) is 0 Å². The van der Waals surface area contributed by atoms with Crippen molar-refractivity contribution in [3.05, 3.63) is 0 Å². The highest BCUT2D eigenvalue weighted by atomic mass is 31.2. The van der Waals surface area contributed by atoms with Crippen LogP contribution < -0.4 is 32.7 Å². The average Bonchev–Trinajstić information content (AvgIpc) is 3.16. The van der Waals surface area contributed by atoms with Gasteiger partial charge in [0.1, 0.15) is 12.1 Å². The minimum absolute atomic E-state index is 0.0579. The number of hydrogen-bond donors (Lipinski definition) is 10. The van der Waals surface area contributed by atoms with Gasteiger partial charge in [-0.15, -0.1) is 0 Å². The number of hydrogen-bond acceptors (Lipinski definition) is 10. The van der Waals surface area contributed by atoms with E-state index in [9.17, 15) is 48.3 Å². The zero-order chi connectivity index (χ0) is 45.8. The van der Waals surface area contributed by atoms with Gasteiger partial charge in [0.25, 0.3) is 0 Å². The number of carbonyl (C=O) groups excluding carboxylic acids is 4. The Labute approximate surface area is 360 Å². The van der Waals surface area contributed by atoms with Crippen molar-refractivity contribution in [2.75, 3.05) is 37.7 Å². The molecule has 16 nitrogen and oxygen atoms in total. The number of nitrogens with one attached hydrogen (secondary N) is 4. The van der Waals surface area contributed by atoms with Crippen LogP contribution in [-0.2, 0) is 28.3 Å². The topological polar surface area (TPSA) is 284 Å². The van der Waals surface area contributed by atoms with Crippen LogP contribution in [0.1, 0.15) is 132 Å². The molecule has 12 N–H and O–H groups in total. The van der Waals surface area contributed by atoms with E-state index in [1.807, 2.05) is 55.4 Å². The minimum Gasteiger partial charge on any atom is -0.391 e. The van der Waals surface area contributed by atoms with Crippen LogP contribution in [0.3, 0.4) is 0 Å². The first-order valence-electron chi connectivity index (χ1n) is 22.5. The van der Waals surface area contributed by atoms with Crippen molar-refractivity contribution >= 4 is 38.4 Å². The lowest BCUT2D eigenvalue weighted by Gasteiger charge is -2.27. The van der Waals surface area contributed by atoms with E-state index in [0.29, 0.717) is 12.8 Å². The molecule has 352 valence electrons. The smallest absolute Gasteiger partial charge is 0.242 e. The fourth-order valence-corrected chi connectivity index (χ4v) is 11.9. The Kier molecular flexibility index (Phi) is 26.2. The lowest BCUT2D eigenvalue weighted by Crippen LogP contribution is -2.55. The molecule has 9 unspecified atom stereocenters. The zero-order valence-electron chi connectivity index (χ0n) is 37.9. The number of rotatable bonds is 24. The normalized spacial score (nSPS) is 20.9. The second-order valence-corrected chi connectivity index (χ2v) is 23.7. The van der Waals surface area contributed by atoms with Gasteiger partial charge >= 0.3 is 0 Å². The predicted octanol–water partition coefficient (Wildman–Crippen LogP) is 3.66. The molecular weight excluding hydrogens is 810 g/mol. The van der Waals surface area contributed by atoms with Gasteiger partial charge in [0.05, 0.1) is 36.6 Å². The van der Waals surface area contributed by atoms with Crippen LogP contribution in [0.15, 0.2) is 0 Å². The van der Waals surface area contributed by atoms with Crippen molar-refractivity contribution in [1.29, 1.82) is 0 Å². The van der Waals surface area contributed by atoms with Gasteiger partial charge in [0.2, 0.25) is 38.4 Å². The molecule has 9 atom stereocenters. The molecule has 2 saturated carbocycles. The third kappa shape index (κ3) is 23.0. The van der Waals surface area contributed by atoms with Gasteiger partial charge in [0.15, 0.2) is 0 Å². The predicted molar refractivity (Wildman–Crippen MR) is 239 cm³/mol. The highest BCUT2D eigenvalue weighted by Gasteiger charge is 2.33. The number of aliphatic hydroxyl groups excluding tert-OH is 2. The first kappa shape index (κ1) is 56.1. The molecule has 0 aliphatic heterocycles. The standard InChI is InChI=1S/2C21H42N3O5P/c1-14(2)10-18(24-21(27)19(22)15(3)4)20(26)23-11-17(25)13-30(28,29)12-16-8-6-5-7-9-16;1-5-15(4)19(24-20(26)18(22)14(2)3)21(27)23-11-17(25)13-30(28,29)12-16-9-7-6-8-10-16/h14-19,25H,5-13,22H2,1-4H3,(H,23,26)(H,24,27)(H,28,29);14-19,25H,5-13,22H2,1-4H3,(H,23,27)(H,24,26)(H,28,29). The maximum Gasteiger partial charge on any atom is 0.242 e. The van der Waals surface area contributed by atoms with Gasteiger partial charge in [-0.25, -0.2) is 0 Å². The van der Waals surface area contributed by atoms with Crippen LogP contribution in [0.5, 0.6) is 0 Å². The zero-order valence-corrected chi connectivity index (χ0v) is 39.7. The summed E-state index contributed by atoms with van der Waals surface area (Å²) in [6.07, 6.45) is 9.45. The van der Waals surface area contributed by atoms with E-state index in [2.05, 4.69) is 21.3 Å². The van der Waals surface area contributed by atoms with E-state index in [1.165, 1.54) is 12.8 Å². The van der Waals surface area contributed by atoms with Crippen LogP contribution >= 0.6 is 14.7 Å². The second kappa shape index (κ2) is 28.0. The molecule has 0 saturated heterocycles. The molecule has 0 bridgehead atoms. The van der Waals surface area contributed by atoms with Gasteiger partial charge < -0.3 is 52.7 Å². The molecule has 0 spiro atoms. The van der Waals surface area contributed by atoms with E-state index in [4.69, 9.17) is 11.5 Å². The van der Waals surface area contributed by atoms with Gasteiger partial charge in [-0.05, 0) is 67.6 Å². The Bertz CT molecular complexity index is 1390. The van der Waals surface area contributed by atoms with Crippen LogP contribution in [-0.4, -0.2) is 118 Å². The van der Waals surface area contributed by atoms with Crippen LogP contribution in [0.4, 0.5) is 0 Å². The molecule has 0 heterocycles. The lowest BCUT2D eigenvalue weighted by molar-refractivity contribution is -0.131. The maximum absolute atomic E-state index is 12.6. The van der Waals surface area contributed by atoms with E-state index >= 15 is 0 Å². The van der Waals surface area contributed by atoms with Gasteiger partial charge in [0, 0.05) is 25.4 Å². The summed E-state index contributed by atoms with van der Waals surface area (Å²) in [5.41, 5.74) is 11.7. The van der Waals surface area contributed by atoms with Crippen molar-refractivity contribution in [2.45, 2.75) is 169 Å². The van der Waals surface area contributed by atoms with Crippen molar-refractivity contribution in [1.82, 2.24) is 21.3 Å². The third-order valence-electron chi connectivity index (χ3n) is 11.7. The van der Waals surface area contributed by atoms with E-state index < -0.39 is 74.7 Å². The van der Waals surface area contributed by atoms with Crippen LogP contribution in [0.25, 0.3) is 0 Å². The summed E-state index contributed by atoms with van der Waals surface area (Å²) in [7, 11) is -6.92. The Morgan fingerprint density at radius 2 is 1.00 bits per heavy atom. The molecule has 60 heavy (non-hydrogen) atoms. The lowest BCUT2D eigenvalue weighted by atomic mass is 9.91. The molecule has 2 rings (SSSR count). The monoisotopic (exact) mass is 895 g/mol. The van der Waals surface area contributed by atoms with E-state index in [0.717, 1.165) is 51.4 Å². The second-order valence-electron chi connectivity index (χ2n) is 18.8. The SMILES string of the molecule is CC(C)CC(NC(=O)C(N)C(C)C)C(=O)NCC(O)CP(=O)(O)CC1CCCCC1.CCC(C)C(NC(=O)C(N)C(C)C)C(=O)NCC(O)CP(=O)(O)CC1CCCCC1. The molecule has 0 radical (unpaired) electrons. The number of carbonyl (C=O) groups is 4. The first-order chi connectivity index (χ1) is 27.9. The largest absolute Gasteiger partial charge is 0.391 e. The van der Waals surface area contributed by atoms with Crippen LogP contribution in [0.2, 0.25) is 0 Å². The molecule has 2 fully saturated rings. The molecule has 0 aromatic rings. The summed E-state index contributed by atoms with van der Waals surface area (Å²) < 4.78 is 25.0. The Hall–Kier alpha value is -1.90. The summed E-state index contributed by atoms with van der Waals surface area (Å²) in [5, 5.41) is 31.1. The fraction of sp³-hybridized carbons (Fsp3) is 0.905. The number of aliphatic hydroxyl groups is 2. The van der Waals surface area contributed by atoms with E-state index in [-0.39, 0.29) is 73.2 Å². The molecule has 2 aliphatic carbocycles. The molecule has 18 heteroatoms. The van der Waals surface area contributed by atoms with Crippen molar-refractivity contribution in [3.8, 4) is 0 Å². The first-order valence-corrected chi connectivity index (χ1v) is 26.6. The van der Waals surface area contributed by atoms with Crippen molar-refractivity contribution < 1.29 is 48.3 Å².